The lowest BCUT2D eigenvalue weighted by atomic mass is 9.47. The number of ether oxygens (including phenoxy) is 2. The van der Waals surface area contributed by atoms with Gasteiger partial charge in [-0.1, -0.05) is 110 Å². The maximum absolute atomic E-state index is 13.3. The Labute approximate surface area is 349 Å². The number of carbonyl (C=O) groups excluding carboxylic acids is 1. The smallest absolute Gasteiger partial charge is 0.338 e. The number of anilines is 1. The van der Waals surface area contributed by atoms with E-state index in [-0.39, 0.29) is 17.5 Å². The third kappa shape index (κ3) is 9.62. The summed E-state index contributed by atoms with van der Waals surface area (Å²) < 4.78 is 14.3. The first-order valence-corrected chi connectivity index (χ1v) is 23.6. The lowest BCUT2D eigenvalue weighted by molar-refractivity contribution is -0.0594. The highest BCUT2D eigenvalue weighted by Crippen LogP contribution is 2.67. The van der Waals surface area contributed by atoms with E-state index < -0.39 is 0 Å². The van der Waals surface area contributed by atoms with Crippen molar-refractivity contribution in [2.75, 3.05) is 12.3 Å². The molecule has 1 aromatic carbocycles. The minimum atomic E-state index is -0.199. The summed E-state index contributed by atoms with van der Waals surface area (Å²) >= 11 is 0. The second-order valence-electron chi connectivity index (χ2n) is 20.0. The normalized spacial score (nSPS) is 28.4. The summed E-state index contributed by atoms with van der Waals surface area (Å²) in [5.41, 5.74) is 10.4. The number of allylic oxidation sites excluding steroid dienone is 1. The standard InChI is InChI=1S/C50H75N5O3/c1-35(2)16-15-17-36(3)42-24-25-43-41-23-20-38-32-40(26-28-49(38,4)44(41)27-29-50(42,43)5)58-48(56)37-18-21-39(22-19-37)57-31-14-12-10-8-6-7-9-11-13-30-55-34-54-45-46(51)52-33-53-47(45)55/h18-22,33-36,40-44H,6-17,23-32H2,1-5H3,(H2,51,52,53)/t36-,40+,41+,42-,43+,44+,49+,50-/m1/s1. The van der Waals surface area contributed by atoms with Crippen LogP contribution < -0.4 is 10.5 Å². The van der Waals surface area contributed by atoms with E-state index in [1.165, 1.54) is 103 Å². The van der Waals surface area contributed by atoms with Crippen molar-refractivity contribution in [2.45, 2.75) is 176 Å². The summed E-state index contributed by atoms with van der Waals surface area (Å²) in [7, 11) is 0. The van der Waals surface area contributed by atoms with E-state index >= 15 is 0 Å². The Bertz CT molecular complexity index is 1820. The van der Waals surface area contributed by atoms with Gasteiger partial charge in [0.2, 0.25) is 0 Å². The molecule has 8 atom stereocenters. The first-order valence-electron chi connectivity index (χ1n) is 23.6. The number of carbonyl (C=O) groups is 1. The summed E-state index contributed by atoms with van der Waals surface area (Å²) in [5.74, 6) is 6.11. The maximum atomic E-state index is 13.3. The molecule has 2 heterocycles. The number of nitrogens with two attached hydrogens (primary N) is 1. The van der Waals surface area contributed by atoms with Gasteiger partial charge in [0.25, 0.3) is 0 Å². The Kier molecular flexibility index (Phi) is 14.2. The average molecular weight is 794 g/mol. The highest BCUT2D eigenvalue weighted by atomic mass is 16.5. The van der Waals surface area contributed by atoms with Gasteiger partial charge in [-0.15, -0.1) is 0 Å². The van der Waals surface area contributed by atoms with Gasteiger partial charge in [-0.2, -0.15) is 0 Å². The summed E-state index contributed by atoms with van der Waals surface area (Å²) in [5, 5.41) is 0. The number of nitrogen functional groups attached to an aromatic ring is 1. The van der Waals surface area contributed by atoms with E-state index in [2.05, 4.69) is 60.2 Å². The van der Waals surface area contributed by atoms with Crippen molar-refractivity contribution >= 4 is 23.0 Å². The fraction of sp³-hybridized carbons (Fsp3) is 0.720. The molecule has 0 saturated heterocycles. The van der Waals surface area contributed by atoms with Crippen LogP contribution in [0.4, 0.5) is 5.82 Å². The Morgan fingerprint density at radius 3 is 2.34 bits per heavy atom. The fourth-order valence-electron chi connectivity index (χ4n) is 12.5. The van der Waals surface area contributed by atoms with Crippen molar-refractivity contribution in [2.24, 2.45) is 46.3 Å². The van der Waals surface area contributed by atoms with E-state index in [4.69, 9.17) is 15.2 Å². The first kappa shape index (κ1) is 42.7. The van der Waals surface area contributed by atoms with Crippen LogP contribution in [0.5, 0.6) is 5.75 Å². The lowest BCUT2D eigenvalue weighted by Gasteiger charge is -2.58. The van der Waals surface area contributed by atoms with E-state index in [1.807, 2.05) is 30.6 Å². The average Bonchev–Trinajstić information content (AvgIpc) is 3.80. The second kappa shape index (κ2) is 19.3. The minimum Gasteiger partial charge on any atom is -0.494 e. The number of aromatic nitrogens is 4. The predicted octanol–water partition coefficient (Wildman–Crippen LogP) is 12.6. The van der Waals surface area contributed by atoms with Crippen molar-refractivity contribution in [3.8, 4) is 5.75 Å². The first-order chi connectivity index (χ1) is 28.1. The number of aryl methyl sites for hydroxylation is 1. The maximum Gasteiger partial charge on any atom is 0.338 e. The molecule has 7 rings (SSSR count). The zero-order valence-electron chi connectivity index (χ0n) is 36.7. The van der Waals surface area contributed by atoms with Crippen LogP contribution in [-0.2, 0) is 11.3 Å². The molecule has 0 unspecified atom stereocenters. The molecule has 0 aliphatic heterocycles. The number of rotatable bonds is 20. The highest BCUT2D eigenvalue weighted by Gasteiger charge is 2.59. The molecule has 0 amide bonds. The fourth-order valence-corrected chi connectivity index (χ4v) is 12.5. The van der Waals surface area contributed by atoms with Gasteiger partial charge in [0, 0.05) is 13.0 Å². The van der Waals surface area contributed by atoms with Crippen LogP contribution in [0, 0.1) is 46.3 Å². The van der Waals surface area contributed by atoms with E-state index in [9.17, 15) is 4.79 Å². The van der Waals surface area contributed by atoms with Crippen molar-refractivity contribution in [3.05, 3.63) is 54.1 Å². The molecule has 0 radical (unpaired) electrons. The summed E-state index contributed by atoms with van der Waals surface area (Å²) in [4.78, 5) is 26.0. The molecule has 4 aliphatic carbocycles. The molecule has 318 valence electrons. The molecule has 0 spiro atoms. The zero-order chi connectivity index (χ0) is 40.7. The Hall–Kier alpha value is -3.42. The van der Waals surface area contributed by atoms with Crippen LogP contribution in [0.15, 0.2) is 48.6 Å². The number of unbranched alkanes of at least 4 members (excludes halogenated alkanes) is 8. The monoisotopic (exact) mass is 794 g/mol. The van der Waals surface area contributed by atoms with Gasteiger partial charge in [-0.3, -0.25) is 0 Å². The van der Waals surface area contributed by atoms with Gasteiger partial charge < -0.3 is 19.8 Å². The molecule has 8 heteroatoms. The molecular weight excluding hydrogens is 719 g/mol. The zero-order valence-corrected chi connectivity index (χ0v) is 36.7. The van der Waals surface area contributed by atoms with Gasteiger partial charge in [-0.25, -0.2) is 19.7 Å². The van der Waals surface area contributed by atoms with Gasteiger partial charge >= 0.3 is 5.97 Å². The SMILES string of the molecule is CC(C)CCC[C@@H](C)[C@H]1CC[C@H]2[C@@H]3CC=C4C[C@@H](OC(=O)c5ccc(OCCCCCCCCCCCn6cnc7c(N)ncnc76)cc5)CC[C@]4(C)[C@H]3CC[C@]12C. The lowest BCUT2D eigenvalue weighted by Crippen LogP contribution is -2.51. The van der Waals surface area contributed by atoms with Crippen LogP contribution in [0.2, 0.25) is 0 Å². The molecular formula is C50H75N5O3. The summed E-state index contributed by atoms with van der Waals surface area (Å²) in [6.07, 6.45) is 30.9. The number of hydrogen-bond acceptors (Lipinski definition) is 7. The number of esters is 1. The number of benzene rings is 1. The second-order valence-corrected chi connectivity index (χ2v) is 20.0. The Morgan fingerprint density at radius 2 is 1.59 bits per heavy atom. The molecule has 8 nitrogen and oxygen atoms in total. The van der Waals surface area contributed by atoms with Gasteiger partial charge in [0.1, 0.15) is 23.7 Å². The van der Waals surface area contributed by atoms with Crippen molar-refractivity contribution in [1.29, 1.82) is 0 Å². The number of nitrogens with zero attached hydrogens (tertiary/aromatic N) is 4. The molecule has 3 fully saturated rings. The van der Waals surface area contributed by atoms with Crippen LogP contribution in [0.3, 0.4) is 0 Å². The van der Waals surface area contributed by atoms with E-state index in [0.29, 0.717) is 28.9 Å². The Balaban J connectivity index is 0.766. The molecule has 2 N–H and O–H groups in total. The minimum absolute atomic E-state index is 0.0266. The van der Waals surface area contributed by atoms with Gasteiger partial charge in [-0.05, 0) is 128 Å². The van der Waals surface area contributed by atoms with Crippen LogP contribution in [-0.4, -0.2) is 38.2 Å². The van der Waals surface area contributed by atoms with Crippen LogP contribution in [0.25, 0.3) is 11.2 Å². The molecule has 3 saturated carbocycles. The number of hydrogen-bond donors (Lipinski definition) is 1. The van der Waals surface area contributed by atoms with Crippen LogP contribution in [0.1, 0.15) is 173 Å². The molecule has 3 aromatic rings. The molecule has 4 aliphatic rings. The number of fused-ring (bicyclic) bond motifs is 6. The summed E-state index contributed by atoms with van der Waals surface area (Å²) in [6.45, 7) is 14.2. The molecule has 58 heavy (non-hydrogen) atoms. The van der Waals surface area contributed by atoms with Crippen molar-refractivity contribution in [1.82, 2.24) is 19.5 Å². The van der Waals surface area contributed by atoms with Gasteiger partial charge in [0.15, 0.2) is 11.5 Å². The topological polar surface area (TPSA) is 105 Å². The Morgan fingerprint density at radius 1 is 0.845 bits per heavy atom. The summed E-state index contributed by atoms with van der Waals surface area (Å²) in [6, 6.07) is 7.59. The van der Waals surface area contributed by atoms with Crippen molar-refractivity contribution < 1.29 is 14.3 Å². The van der Waals surface area contributed by atoms with E-state index in [0.717, 1.165) is 85.6 Å². The largest absolute Gasteiger partial charge is 0.494 e. The van der Waals surface area contributed by atoms with Crippen LogP contribution >= 0.6 is 0 Å². The third-order valence-electron chi connectivity index (χ3n) is 15.9. The molecule has 0 bridgehead atoms. The predicted molar refractivity (Wildman–Crippen MR) is 235 cm³/mol. The third-order valence-corrected chi connectivity index (χ3v) is 15.9. The molecule has 2 aromatic heterocycles. The highest BCUT2D eigenvalue weighted by molar-refractivity contribution is 5.89. The van der Waals surface area contributed by atoms with Gasteiger partial charge in [0.05, 0.1) is 18.5 Å². The quantitative estimate of drug-likeness (QED) is 0.0690. The van der Waals surface area contributed by atoms with Crippen molar-refractivity contribution in [3.63, 3.8) is 0 Å². The number of imidazole rings is 1. The van der Waals surface area contributed by atoms with E-state index in [1.54, 1.807) is 5.57 Å².